The van der Waals surface area contributed by atoms with Crippen LogP contribution >= 0.6 is 23.2 Å². The number of hydrogen-bond donors (Lipinski definition) is 1. The van der Waals surface area contributed by atoms with Gasteiger partial charge in [0.25, 0.3) is 0 Å². The third-order valence-electron chi connectivity index (χ3n) is 5.14. The number of nitro benzene ring substituents is 1. The Morgan fingerprint density at radius 1 is 1.27 bits per heavy atom. The number of allylic oxidation sites excluding steroid dienone is 2. The fourth-order valence-electron chi connectivity index (χ4n) is 3.99. The molecule has 1 heterocycles. The van der Waals surface area contributed by atoms with Gasteiger partial charge in [0.05, 0.1) is 28.8 Å². The molecule has 0 amide bonds. The van der Waals surface area contributed by atoms with E-state index in [0.29, 0.717) is 10.0 Å². The van der Waals surface area contributed by atoms with Gasteiger partial charge in [0, 0.05) is 17.0 Å². The predicted molar refractivity (Wildman–Crippen MR) is 102 cm³/mol. The van der Waals surface area contributed by atoms with Crippen LogP contribution in [0, 0.1) is 16.0 Å². The first kappa shape index (κ1) is 17.2. The summed E-state index contributed by atoms with van der Waals surface area (Å²) in [5.74, 6) is 0.666. The zero-order valence-electron chi connectivity index (χ0n) is 13.9. The molecule has 0 saturated heterocycles. The van der Waals surface area contributed by atoms with Gasteiger partial charge in [-0.25, -0.2) is 0 Å². The number of hydrogen-bond acceptors (Lipinski definition) is 4. The summed E-state index contributed by atoms with van der Waals surface area (Å²) in [6, 6.07) is 8.66. The summed E-state index contributed by atoms with van der Waals surface area (Å²) in [6.45, 7) is 0. The molecular weight excluding hydrogens is 375 g/mol. The van der Waals surface area contributed by atoms with Crippen LogP contribution in [0.5, 0.6) is 5.75 Å². The van der Waals surface area contributed by atoms with Crippen molar-refractivity contribution in [3.8, 4) is 5.75 Å². The van der Waals surface area contributed by atoms with E-state index in [-0.39, 0.29) is 29.3 Å². The van der Waals surface area contributed by atoms with Crippen LogP contribution < -0.4 is 10.1 Å². The molecule has 2 aliphatic rings. The molecule has 1 aliphatic heterocycles. The molecule has 0 aromatic heterocycles. The molecule has 3 atom stereocenters. The number of rotatable bonds is 3. The lowest BCUT2D eigenvalue weighted by atomic mass is 9.77. The van der Waals surface area contributed by atoms with Crippen LogP contribution in [0.25, 0.3) is 0 Å². The lowest BCUT2D eigenvalue weighted by molar-refractivity contribution is -0.385. The molecule has 5 nitrogen and oxygen atoms in total. The van der Waals surface area contributed by atoms with Gasteiger partial charge in [0.1, 0.15) is 0 Å². The number of nitro groups is 1. The lowest BCUT2D eigenvalue weighted by Gasteiger charge is -2.38. The highest BCUT2D eigenvalue weighted by Crippen LogP contribution is 2.52. The number of anilines is 1. The van der Waals surface area contributed by atoms with Crippen molar-refractivity contribution >= 4 is 34.6 Å². The van der Waals surface area contributed by atoms with Crippen LogP contribution in [0.3, 0.4) is 0 Å². The molecule has 0 saturated carbocycles. The first-order valence-electron chi connectivity index (χ1n) is 8.24. The van der Waals surface area contributed by atoms with Gasteiger partial charge in [-0.2, -0.15) is 0 Å². The Labute approximate surface area is 160 Å². The second-order valence-corrected chi connectivity index (χ2v) is 7.36. The normalized spacial score (nSPS) is 23.1. The molecule has 4 rings (SSSR count). The van der Waals surface area contributed by atoms with Crippen molar-refractivity contribution in [1.29, 1.82) is 0 Å². The second-order valence-electron chi connectivity index (χ2n) is 6.52. The summed E-state index contributed by atoms with van der Waals surface area (Å²) in [5.41, 5.74) is 2.71. The van der Waals surface area contributed by atoms with Crippen LogP contribution in [0.4, 0.5) is 11.4 Å². The summed E-state index contributed by atoms with van der Waals surface area (Å²) in [4.78, 5) is 11.0. The van der Waals surface area contributed by atoms with Crippen LogP contribution in [-0.2, 0) is 0 Å². The third kappa shape index (κ3) is 2.72. The summed E-state index contributed by atoms with van der Waals surface area (Å²) >= 11 is 12.6. The van der Waals surface area contributed by atoms with Crippen LogP contribution in [-0.4, -0.2) is 12.0 Å². The Kier molecular flexibility index (Phi) is 4.29. The molecular formula is C19H16Cl2N2O3. The van der Waals surface area contributed by atoms with Gasteiger partial charge in [-0.1, -0.05) is 41.4 Å². The summed E-state index contributed by atoms with van der Waals surface area (Å²) in [5, 5.41) is 16.0. The number of nitrogens with one attached hydrogen (secondary N) is 1. The summed E-state index contributed by atoms with van der Waals surface area (Å²) in [7, 11) is 1.43. The predicted octanol–water partition coefficient (Wildman–Crippen LogP) is 5.74. The number of benzene rings is 2. The van der Waals surface area contributed by atoms with Gasteiger partial charge < -0.3 is 10.1 Å². The van der Waals surface area contributed by atoms with E-state index < -0.39 is 4.92 Å². The van der Waals surface area contributed by atoms with Gasteiger partial charge in [-0.05, 0) is 41.7 Å². The molecule has 26 heavy (non-hydrogen) atoms. The fourth-order valence-corrected chi connectivity index (χ4v) is 4.56. The molecule has 2 aromatic rings. The zero-order valence-corrected chi connectivity index (χ0v) is 15.4. The van der Waals surface area contributed by atoms with E-state index in [4.69, 9.17) is 27.9 Å². The topological polar surface area (TPSA) is 64.4 Å². The standard InChI is InChI=1S/C19H16Cl2N2O3/c1-26-17-6-5-10(7-16(17)23(24)25)18-13-4-2-3-12(13)14-8-11(20)9-15(21)19(14)22-18/h2-3,5-9,12-13,18,22H,4H2,1H3/t12-,13-,18-/m1/s1. The average Bonchev–Trinajstić information content (AvgIpc) is 3.10. The molecule has 0 bridgehead atoms. The molecule has 134 valence electrons. The highest BCUT2D eigenvalue weighted by atomic mass is 35.5. The van der Waals surface area contributed by atoms with Gasteiger partial charge >= 0.3 is 5.69 Å². The smallest absolute Gasteiger partial charge is 0.311 e. The van der Waals surface area contributed by atoms with E-state index in [1.807, 2.05) is 12.1 Å². The number of halogens is 2. The first-order valence-corrected chi connectivity index (χ1v) is 8.99. The molecule has 0 spiro atoms. The van der Waals surface area contributed by atoms with Crippen LogP contribution in [0.15, 0.2) is 42.5 Å². The van der Waals surface area contributed by atoms with Crippen molar-refractivity contribution in [2.75, 3.05) is 12.4 Å². The number of methoxy groups -OCH3 is 1. The fraction of sp³-hybridized carbons (Fsp3) is 0.263. The summed E-state index contributed by atoms with van der Waals surface area (Å²) in [6.07, 6.45) is 5.19. The molecule has 1 aliphatic carbocycles. The molecule has 1 N–H and O–H groups in total. The monoisotopic (exact) mass is 390 g/mol. The van der Waals surface area contributed by atoms with Gasteiger partial charge in [0.2, 0.25) is 0 Å². The van der Waals surface area contributed by atoms with Gasteiger partial charge in [0.15, 0.2) is 5.75 Å². The maximum atomic E-state index is 11.4. The minimum atomic E-state index is -0.420. The number of nitrogens with zero attached hydrogens (tertiary/aromatic N) is 1. The Morgan fingerprint density at radius 3 is 2.81 bits per heavy atom. The Morgan fingerprint density at radius 2 is 2.08 bits per heavy atom. The van der Waals surface area contributed by atoms with E-state index >= 15 is 0 Å². The van der Waals surface area contributed by atoms with E-state index in [1.54, 1.807) is 18.2 Å². The number of fused-ring (bicyclic) bond motifs is 3. The molecule has 0 fully saturated rings. The van der Waals surface area contributed by atoms with Crippen LogP contribution in [0.2, 0.25) is 10.0 Å². The Balaban J connectivity index is 1.81. The van der Waals surface area contributed by atoms with Crippen molar-refractivity contribution < 1.29 is 9.66 Å². The minimum absolute atomic E-state index is 0.0395. The second kappa shape index (κ2) is 6.49. The molecule has 0 radical (unpaired) electrons. The van der Waals surface area contributed by atoms with E-state index in [0.717, 1.165) is 23.2 Å². The van der Waals surface area contributed by atoms with Crippen molar-refractivity contribution in [3.05, 3.63) is 73.8 Å². The number of ether oxygens (including phenoxy) is 1. The maximum absolute atomic E-state index is 11.4. The van der Waals surface area contributed by atoms with E-state index in [2.05, 4.69) is 17.5 Å². The molecule has 7 heteroatoms. The van der Waals surface area contributed by atoms with E-state index in [1.165, 1.54) is 7.11 Å². The Hall–Kier alpha value is -2.24. The van der Waals surface area contributed by atoms with Crippen molar-refractivity contribution in [2.45, 2.75) is 18.4 Å². The molecule has 0 unspecified atom stereocenters. The zero-order chi connectivity index (χ0) is 18.4. The molecule has 2 aromatic carbocycles. The largest absolute Gasteiger partial charge is 0.490 e. The minimum Gasteiger partial charge on any atom is -0.490 e. The first-order chi connectivity index (χ1) is 12.5. The summed E-state index contributed by atoms with van der Waals surface area (Å²) < 4.78 is 5.11. The van der Waals surface area contributed by atoms with Gasteiger partial charge in [-0.15, -0.1) is 0 Å². The highest BCUT2D eigenvalue weighted by Gasteiger charge is 2.39. The Bertz CT molecular complexity index is 929. The van der Waals surface area contributed by atoms with Crippen molar-refractivity contribution in [3.63, 3.8) is 0 Å². The lowest BCUT2D eigenvalue weighted by Crippen LogP contribution is -2.29. The maximum Gasteiger partial charge on any atom is 0.311 e. The SMILES string of the molecule is COc1ccc([C@H]2Nc3c(Cl)cc(Cl)cc3[C@@H]3C=CC[C@@H]23)cc1[N+](=O)[O-]. The average molecular weight is 391 g/mol. The third-order valence-corrected chi connectivity index (χ3v) is 5.66. The van der Waals surface area contributed by atoms with Gasteiger partial charge in [-0.3, -0.25) is 10.1 Å². The van der Waals surface area contributed by atoms with Crippen molar-refractivity contribution in [2.24, 2.45) is 5.92 Å². The quantitative estimate of drug-likeness (QED) is 0.412. The van der Waals surface area contributed by atoms with Crippen molar-refractivity contribution in [1.82, 2.24) is 0 Å². The van der Waals surface area contributed by atoms with Crippen LogP contribution in [0.1, 0.15) is 29.5 Å². The van der Waals surface area contributed by atoms with E-state index in [9.17, 15) is 10.1 Å². The highest BCUT2D eigenvalue weighted by molar-refractivity contribution is 6.36.